The summed E-state index contributed by atoms with van der Waals surface area (Å²) in [5, 5.41) is 0.0968. The van der Waals surface area contributed by atoms with Gasteiger partial charge in [0.15, 0.2) is 0 Å². The number of alkyl halides is 1. The van der Waals surface area contributed by atoms with Gasteiger partial charge in [0.1, 0.15) is 34.0 Å². The Kier molecular flexibility index (Phi) is 11.2. The fourth-order valence-electron chi connectivity index (χ4n) is 3.03. The highest BCUT2D eigenvalue weighted by Gasteiger charge is 2.22. The SMILES string of the molecule is CCS(=O)(=O)C[C@H](C)COc1ccc(S(=O)(=O)c2ccc(OC[C@@H](CCl)OC(C)=O)c(Cl)c2)cc1Cl. The van der Waals surface area contributed by atoms with E-state index in [9.17, 15) is 21.6 Å². The van der Waals surface area contributed by atoms with Gasteiger partial charge >= 0.3 is 5.97 Å². The molecule has 2 aromatic carbocycles. The van der Waals surface area contributed by atoms with Gasteiger partial charge in [-0.1, -0.05) is 37.0 Å². The molecule has 0 saturated heterocycles. The molecule has 0 radical (unpaired) electrons. The Morgan fingerprint density at radius 3 is 1.83 bits per heavy atom. The molecule has 0 N–H and O–H groups in total. The zero-order valence-electron chi connectivity index (χ0n) is 19.9. The second-order valence-electron chi connectivity index (χ2n) is 8.00. The van der Waals surface area contributed by atoms with Crippen LogP contribution in [0.2, 0.25) is 10.0 Å². The molecule has 2 rings (SSSR count). The number of rotatable bonds is 13. The van der Waals surface area contributed by atoms with Crippen molar-refractivity contribution in [2.24, 2.45) is 5.92 Å². The van der Waals surface area contributed by atoms with E-state index >= 15 is 0 Å². The lowest BCUT2D eigenvalue weighted by molar-refractivity contribution is -0.146. The number of benzene rings is 2. The lowest BCUT2D eigenvalue weighted by atomic mass is 10.2. The third-order valence-corrected chi connectivity index (χ3v) is 9.50. The first-order valence-electron chi connectivity index (χ1n) is 10.8. The van der Waals surface area contributed by atoms with Crippen molar-refractivity contribution in [2.45, 2.75) is 36.7 Å². The molecule has 200 valence electrons. The van der Waals surface area contributed by atoms with E-state index in [1.165, 1.54) is 43.3 Å². The summed E-state index contributed by atoms with van der Waals surface area (Å²) >= 11 is 18.2. The molecule has 0 fully saturated rings. The standard InChI is InChI=1S/C23H27Cl3O8S2/c1-4-35(28,29)14-15(2)12-32-22-7-5-18(9-20(22)25)36(30,31)19-6-8-23(21(26)10-19)33-13-17(11-24)34-16(3)27/h5-10,15,17H,4,11-14H2,1-3H3/t15-,17-/m1/s1. The predicted octanol–water partition coefficient (Wildman–Crippen LogP) is 4.83. The van der Waals surface area contributed by atoms with Crippen molar-refractivity contribution in [3.05, 3.63) is 46.4 Å². The fraction of sp³-hybridized carbons (Fsp3) is 0.435. The summed E-state index contributed by atoms with van der Waals surface area (Å²) in [6.45, 7) is 4.61. The maximum atomic E-state index is 13.1. The smallest absolute Gasteiger partial charge is 0.303 e. The number of carbonyl (C=O) groups excluding carboxylic acids is 1. The van der Waals surface area contributed by atoms with Gasteiger partial charge < -0.3 is 14.2 Å². The number of halogens is 3. The molecule has 0 saturated carbocycles. The Morgan fingerprint density at radius 1 is 0.917 bits per heavy atom. The quantitative estimate of drug-likeness (QED) is 0.237. The van der Waals surface area contributed by atoms with Crippen LogP contribution in [0.4, 0.5) is 0 Å². The van der Waals surface area contributed by atoms with Crippen molar-refractivity contribution in [1.82, 2.24) is 0 Å². The first-order chi connectivity index (χ1) is 16.8. The van der Waals surface area contributed by atoms with Gasteiger partial charge in [0.2, 0.25) is 9.84 Å². The van der Waals surface area contributed by atoms with Crippen molar-refractivity contribution in [2.75, 3.05) is 30.6 Å². The van der Waals surface area contributed by atoms with E-state index in [2.05, 4.69) is 0 Å². The van der Waals surface area contributed by atoms with Crippen molar-refractivity contribution in [1.29, 1.82) is 0 Å². The topological polar surface area (TPSA) is 113 Å². The van der Waals surface area contributed by atoms with E-state index in [0.29, 0.717) is 0 Å². The van der Waals surface area contributed by atoms with Crippen LogP contribution in [-0.2, 0) is 29.2 Å². The van der Waals surface area contributed by atoms with Crippen LogP contribution < -0.4 is 9.47 Å². The molecule has 0 amide bonds. The third kappa shape index (κ3) is 8.69. The maximum absolute atomic E-state index is 13.1. The van der Waals surface area contributed by atoms with Gasteiger partial charge in [-0.15, -0.1) is 11.6 Å². The molecule has 0 aliphatic carbocycles. The molecule has 0 aromatic heterocycles. The van der Waals surface area contributed by atoms with Crippen LogP contribution in [0.1, 0.15) is 20.8 Å². The van der Waals surface area contributed by atoms with Crippen molar-refractivity contribution in [3.63, 3.8) is 0 Å². The van der Waals surface area contributed by atoms with Crippen LogP contribution in [-0.4, -0.2) is 59.5 Å². The Bertz CT molecular complexity index is 1280. The number of sulfone groups is 2. The van der Waals surface area contributed by atoms with Gasteiger partial charge in [-0.05, 0) is 36.4 Å². The number of hydrogen-bond donors (Lipinski definition) is 0. The second kappa shape index (κ2) is 13.2. The molecule has 0 heterocycles. The molecule has 0 aliphatic rings. The van der Waals surface area contributed by atoms with Crippen LogP contribution in [0.25, 0.3) is 0 Å². The summed E-state index contributed by atoms with van der Waals surface area (Å²) in [6, 6.07) is 7.96. The molecular weight excluding hydrogens is 575 g/mol. The summed E-state index contributed by atoms with van der Waals surface area (Å²) in [6.07, 6.45) is -0.689. The van der Waals surface area contributed by atoms with Gasteiger partial charge in [0, 0.05) is 18.6 Å². The van der Waals surface area contributed by atoms with Gasteiger partial charge in [-0.3, -0.25) is 4.79 Å². The van der Waals surface area contributed by atoms with Crippen molar-refractivity contribution >= 4 is 60.4 Å². The number of carbonyl (C=O) groups is 1. The Morgan fingerprint density at radius 2 is 1.42 bits per heavy atom. The monoisotopic (exact) mass is 600 g/mol. The van der Waals surface area contributed by atoms with Crippen molar-refractivity contribution < 1.29 is 35.8 Å². The van der Waals surface area contributed by atoms with Crippen LogP contribution in [0.15, 0.2) is 46.2 Å². The maximum Gasteiger partial charge on any atom is 0.303 e. The minimum atomic E-state index is -3.98. The minimum Gasteiger partial charge on any atom is -0.492 e. The zero-order chi connectivity index (χ0) is 27.1. The summed E-state index contributed by atoms with van der Waals surface area (Å²) in [4.78, 5) is 10.9. The molecule has 2 atom stereocenters. The minimum absolute atomic E-state index is 0.0148. The molecule has 0 aliphatic heterocycles. The second-order valence-corrected chi connectivity index (χ2v) is 13.5. The van der Waals surface area contributed by atoms with E-state index in [-0.39, 0.29) is 67.9 Å². The zero-order valence-corrected chi connectivity index (χ0v) is 23.8. The van der Waals surface area contributed by atoms with E-state index in [0.717, 1.165) is 0 Å². The Hall–Kier alpha value is -1.72. The van der Waals surface area contributed by atoms with E-state index < -0.39 is 31.7 Å². The summed E-state index contributed by atoms with van der Waals surface area (Å²) in [5.41, 5.74) is 0. The van der Waals surface area contributed by atoms with Gasteiger partial charge in [-0.25, -0.2) is 16.8 Å². The number of esters is 1. The van der Waals surface area contributed by atoms with Gasteiger partial charge in [0.05, 0.1) is 38.1 Å². The number of hydrogen-bond acceptors (Lipinski definition) is 8. The number of ether oxygens (including phenoxy) is 3. The summed E-state index contributed by atoms with van der Waals surface area (Å²) in [5.74, 6) is -0.314. The highest BCUT2D eigenvalue weighted by Crippen LogP contribution is 2.33. The molecule has 2 aromatic rings. The van der Waals surface area contributed by atoms with E-state index in [4.69, 9.17) is 49.0 Å². The molecule has 0 spiro atoms. The molecule has 0 bridgehead atoms. The fourth-order valence-corrected chi connectivity index (χ4v) is 6.29. The normalized spacial score (nSPS) is 13.6. The molecule has 36 heavy (non-hydrogen) atoms. The predicted molar refractivity (Wildman–Crippen MR) is 139 cm³/mol. The van der Waals surface area contributed by atoms with Crippen LogP contribution in [0, 0.1) is 5.92 Å². The van der Waals surface area contributed by atoms with Crippen molar-refractivity contribution in [3.8, 4) is 11.5 Å². The first kappa shape index (κ1) is 30.5. The highest BCUT2D eigenvalue weighted by molar-refractivity contribution is 7.91. The Labute approximate surface area is 226 Å². The third-order valence-electron chi connectivity index (χ3n) is 4.86. The molecule has 8 nitrogen and oxygen atoms in total. The van der Waals surface area contributed by atoms with E-state index in [1.54, 1.807) is 13.8 Å². The molecule has 13 heteroatoms. The van der Waals surface area contributed by atoms with E-state index in [1.807, 2.05) is 0 Å². The summed E-state index contributed by atoms with van der Waals surface area (Å²) in [7, 11) is -7.13. The average molecular weight is 602 g/mol. The Balaban J connectivity index is 2.13. The average Bonchev–Trinajstić information content (AvgIpc) is 2.80. The van der Waals surface area contributed by atoms with Gasteiger partial charge in [-0.2, -0.15) is 0 Å². The largest absolute Gasteiger partial charge is 0.492 e. The summed E-state index contributed by atoms with van der Waals surface area (Å²) < 4.78 is 65.8. The molecular formula is C23H27Cl3O8S2. The van der Waals surface area contributed by atoms with Crippen LogP contribution >= 0.6 is 34.8 Å². The lowest BCUT2D eigenvalue weighted by Crippen LogP contribution is -2.25. The van der Waals surface area contributed by atoms with Gasteiger partial charge in [0.25, 0.3) is 0 Å². The lowest BCUT2D eigenvalue weighted by Gasteiger charge is -2.16. The molecule has 0 unspecified atom stereocenters. The first-order valence-corrected chi connectivity index (χ1v) is 15.4. The van der Waals surface area contributed by atoms with Crippen LogP contribution in [0.3, 0.4) is 0 Å². The highest BCUT2D eigenvalue weighted by atomic mass is 35.5. The van der Waals surface area contributed by atoms with Crippen LogP contribution in [0.5, 0.6) is 11.5 Å².